The van der Waals surface area contributed by atoms with Gasteiger partial charge in [0.15, 0.2) is 0 Å². The summed E-state index contributed by atoms with van der Waals surface area (Å²) in [5.74, 6) is 0. The molecule has 0 saturated carbocycles. The van der Waals surface area contributed by atoms with Crippen LogP contribution in [-0.2, 0) is 4.74 Å². The van der Waals surface area contributed by atoms with Crippen LogP contribution in [0.4, 0.5) is 0 Å². The molecular weight excluding hydrogens is 150 g/mol. The Morgan fingerprint density at radius 3 is 2.33 bits per heavy atom. The Kier molecular flexibility index (Phi) is 5.51. The number of rotatable bonds is 6. The van der Waals surface area contributed by atoms with E-state index in [2.05, 4.69) is 20.8 Å². The van der Waals surface area contributed by atoms with Gasteiger partial charge in [0.25, 0.3) is 0 Å². The highest BCUT2D eigenvalue weighted by Gasteiger charge is 2.28. The molecule has 2 atom stereocenters. The van der Waals surface area contributed by atoms with Gasteiger partial charge >= 0.3 is 0 Å². The number of hydrogen-bond acceptors (Lipinski definition) is 2. The SMILES string of the molecule is CCCCC(N)C(C)(CC)OC. The molecule has 2 nitrogen and oxygen atoms in total. The van der Waals surface area contributed by atoms with E-state index in [4.69, 9.17) is 10.5 Å². The molecule has 0 rings (SSSR count). The molecule has 12 heavy (non-hydrogen) atoms. The van der Waals surface area contributed by atoms with Crippen molar-refractivity contribution in [1.29, 1.82) is 0 Å². The quantitative estimate of drug-likeness (QED) is 0.669. The summed E-state index contributed by atoms with van der Waals surface area (Å²) in [4.78, 5) is 0. The summed E-state index contributed by atoms with van der Waals surface area (Å²) in [6.45, 7) is 6.39. The fourth-order valence-electron chi connectivity index (χ4n) is 1.29. The highest BCUT2D eigenvalue weighted by molar-refractivity contribution is 4.85. The van der Waals surface area contributed by atoms with Crippen molar-refractivity contribution in [3.05, 3.63) is 0 Å². The minimum Gasteiger partial charge on any atom is -0.377 e. The maximum atomic E-state index is 6.03. The van der Waals surface area contributed by atoms with Crippen molar-refractivity contribution in [1.82, 2.24) is 0 Å². The third-order valence-electron chi connectivity index (χ3n) is 2.82. The van der Waals surface area contributed by atoms with Gasteiger partial charge in [0.05, 0.1) is 5.60 Å². The van der Waals surface area contributed by atoms with Crippen molar-refractivity contribution in [3.8, 4) is 0 Å². The van der Waals surface area contributed by atoms with Crippen molar-refractivity contribution < 1.29 is 4.74 Å². The average molecular weight is 173 g/mol. The molecule has 0 spiro atoms. The van der Waals surface area contributed by atoms with E-state index >= 15 is 0 Å². The smallest absolute Gasteiger partial charge is 0.0798 e. The lowest BCUT2D eigenvalue weighted by Crippen LogP contribution is -2.46. The second kappa shape index (κ2) is 5.55. The maximum Gasteiger partial charge on any atom is 0.0798 e. The number of methoxy groups -OCH3 is 1. The first-order valence-electron chi connectivity index (χ1n) is 4.91. The molecule has 2 N–H and O–H groups in total. The second-order valence-corrected chi connectivity index (χ2v) is 3.62. The Hall–Kier alpha value is -0.0800. The standard InChI is InChI=1S/C10H23NO/c1-5-7-8-9(11)10(3,6-2)12-4/h9H,5-8,11H2,1-4H3. The Bertz CT molecular complexity index is 110. The van der Waals surface area contributed by atoms with Gasteiger partial charge in [-0.15, -0.1) is 0 Å². The fourth-order valence-corrected chi connectivity index (χ4v) is 1.29. The molecule has 0 saturated heterocycles. The van der Waals surface area contributed by atoms with Gasteiger partial charge in [-0.3, -0.25) is 0 Å². The molecule has 0 radical (unpaired) electrons. The Morgan fingerprint density at radius 2 is 2.00 bits per heavy atom. The third-order valence-corrected chi connectivity index (χ3v) is 2.82. The molecule has 0 aromatic carbocycles. The van der Waals surface area contributed by atoms with Crippen LogP contribution < -0.4 is 5.73 Å². The van der Waals surface area contributed by atoms with E-state index < -0.39 is 0 Å². The molecule has 0 aliphatic heterocycles. The minimum atomic E-state index is -0.130. The number of unbranched alkanes of at least 4 members (excludes halogenated alkanes) is 1. The van der Waals surface area contributed by atoms with Crippen LogP contribution in [0.15, 0.2) is 0 Å². The molecule has 0 bridgehead atoms. The molecule has 0 aromatic heterocycles. The van der Waals surface area contributed by atoms with Gasteiger partial charge in [0.1, 0.15) is 0 Å². The van der Waals surface area contributed by atoms with Gasteiger partial charge in [0.2, 0.25) is 0 Å². The van der Waals surface area contributed by atoms with Crippen molar-refractivity contribution in [3.63, 3.8) is 0 Å². The molecule has 0 fully saturated rings. The van der Waals surface area contributed by atoms with Crippen molar-refractivity contribution in [2.45, 2.75) is 58.1 Å². The molecule has 0 heterocycles. The van der Waals surface area contributed by atoms with Gasteiger partial charge in [-0.25, -0.2) is 0 Å². The van der Waals surface area contributed by atoms with Crippen LogP contribution in [0.2, 0.25) is 0 Å². The van der Waals surface area contributed by atoms with Gasteiger partial charge in [-0.05, 0) is 19.8 Å². The second-order valence-electron chi connectivity index (χ2n) is 3.62. The zero-order valence-corrected chi connectivity index (χ0v) is 8.89. The molecule has 0 aromatic rings. The summed E-state index contributed by atoms with van der Waals surface area (Å²) in [5.41, 5.74) is 5.90. The predicted octanol–water partition coefficient (Wildman–Crippen LogP) is 2.32. The first-order chi connectivity index (χ1) is 5.60. The number of nitrogens with two attached hydrogens (primary N) is 1. The monoisotopic (exact) mass is 173 g/mol. The van der Waals surface area contributed by atoms with Crippen LogP contribution in [0.5, 0.6) is 0 Å². The zero-order chi connectivity index (χ0) is 9.61. The number of ether oxygens (including phenoxy) is 1. The van der Waals surface area contributed by atoms with E-state index in [0.717, 1.165) is 12.8 Å². The van der Waals surface area contributed by atoms with Crippen molar-refractivity contribution >= 4 is 0 Å². The summed E-state index contributed by atoms with van der Waals surface area (Å²) >= 11 is 0. The minimum absolute atomic E-state index is 0.130. The maximum absolute atomic E-state index is 6.03. The summed E-state index contributed by atoms with van der Waals surface area (Å²) in [5, 5.41) is 0. The summed E-state index contributed by atoms with van der Waals surface area (Å²) in [7, 11) is 1.75. The third kappa shape index (κ3) is 3.11. The summed E-state index contributed by atoms with van der Waals surface area (Å²) in [6, 6.07) is 0.174. The molecule has 2 heteroatoms. The van der Waals surface area contributed by atoms with Crippen LogP contribution in [0, 0.1) is 0 Å². The molecule has 0 aliphatic carbocycles. The molecule has 0 aliphatic rings. The molecule has 74 valence electrons. The Balaban J connectivity index is 3.93. The lowest BCUT2D eigenvalue weighted by molar-refractivity contribution is -0.0210. The van der Waals surface area contributed by atoms with Crippen LogP contribution in [-0.4, -0.2) is 18.8 Å². The predicted molar refractivity (Wildman–Crippen MR) is 53.2 cm³/mol. The van der Waals surface area contributed by atoms with Crippen molar-refractivity contribution in [2.75, 3.05) is 7.11 Å². The Labute approximate surface area is 76.5 Å². The van der Waals surface area contributed by atoms with E-state index in [1.807, 2.05) is 0 Å². The van der Waals surface area contributed by atoms with E-state index in [-0.39, 0.29) is 11.6 Å². The topological polar surface area (TPSA) is 35.2 Å². The average Bonchev–Trinajstić information content (AvgIpc) is 2.12. The normalized spacial score (nSPS) is 18.8. The highest BCUT2D eigenvalue weighted by atomic mass is 16.5. The van der Waals surface area contributed by atoms with E-state index in [1.54, 1.807) is 7.11 Å². The largest absolute Gasteiger partial charge is 0.377 e. The van der Waals surface area contributed by atoms with Gasteiger partial charge < -0.3 is 10.5 Å². The molecule has 0 amide bonds. The molecular formula is C10H23NO. The number of hydrogen-bond donors (Lipinski definition) is 1. The lowest BCUT2D eigenvalue weighted by Gasteiger charge is -2.33. The first-order valence-corrected chi connectivity index (χ1v) is 4.91. The lowest BCUT2D eigenvalue weighted by atomic mass is 9.90. The zero-order valence-electron chi connectivity index (χ0n) is 8.89. The van der Waals surface area contributed by atoms with Crippen molar-refractivity contribution in [2.24, 2.45) is 5.73 Å². The Morgan fingerprint density at radius 1 is 1.42 bits per heavy atom. The van der Waals surface area contributed by atoms with Crippen LogP contribution in [0.1, 0.15) is 46.5 Å². The summed E-state index contributed by atoms with van der Waals surface area (Å²) in [6.07, 6.45) is 4.44. The van der Waals surface area contributed by atoms with E-state index in [1.165, 1.54) is 12.8 Å². The van der Waals surface area contributed by atoms with Crippen LogP contribution >= 0.6 is 0 Å². The van der Waals surface area contributed by atoms with E-state index in [0.29, 0.717) is 0 Å². The van der Waals surface area contributed by atoms with Gasteiger partial charge in [-0.2, -0.15) is 0 Å². The van der Waals surface area contributed by atoms with Crippen LogP contribution in [0.25, 0.3) is 0 Å². The fraction of sp³-hybridized carbons (Fsp3) is 1.00. The highest BCUT2D eigenvalue weighted by Crippen LogP contribution is 2.21. The summed E-state index contributed by atoms with van der Waals surface area (Å²) < 4.78 is 5.42. The first kappa shape index (κ1) is 11.9. The van der Waals surface area contributed by atoms with Gasteiger partial charge in [0, 0.05) is 13.2 Å². The molecule has 2 unspecified atom stereocenters. The van der Waals surface area contributed by atoms with E-state index in [9.17, 15) is 0 Å². The van der Waals surface area contributed by atoms with Gasteiger partial charge in [-0.1, -0.05) is 26.7 Å². The van der Waals surface area contributed by atoms with Crippen LogP contribution in [0.3, 0.4) is 0 Å².